The Kier molecular flexibility index (Phi) is 4.60. The van der Waals surface area contributed by atoms with Crippen molar-refractivity contribution in [3.63, 3.8) is 0 Å². The molecular weight excluding hydrogens is 196 g/mol. The van der Waals surface area contributed by atoms with E-state index in [1.54, 1.807) is 0 Å². The van der Waals surface area contributed by atoms with Gasteiger partial charge in [0, 0.05) is 19.3 Å². The summed E-state index contributed by atoms with van der Waals surface area (Å²) in [6, 6.07) is 8.13. The lowest BCUT2D eigenvalue weighted by Crippen LogP contribution is -2.18. The molecule has 0 saturated carbocycles. The monoisotopic (exact) mass is 214 g/mol. The van der Waals surface area contributed by atoms with Gasteiger partial charge in [-0.15, -0.1) is 6.58 Å². The number of benzene rings is 1. The van der Waals surface area contributed by atoms with E-state index in [2.05, 4.69) is 30.7 Å². The maximum Gasteiger partial charge on any atom is 0.0994 e. The van der Waals surface area contributed by atoms with E-state index in [0.717, 1.165) is 30.5 Å². The second-order valence-electron chi connectivity index (χ2n) is 3.96. The van der Waals surface area contributed by atoms with Gasteiger partial charge in [0.15, 0.2) is 0 Å². The summed E-state index contributed by atoms with van der Waals surface area (Å²) in [6.45, 7) is 6.70. The van der Waals surface area contributed by atoms with E-state index in [-0.39, 0.29) is 0 Å². The van der Waals surface area contributed by atoms with Gasteiger partial charge < -0.3 is 4.90 Å². The summed E-state index contributed by atoms with van der Waals surface area (Å²) in [4.78, 5) is 2.21. The Morgan fingerprint density at radius 1 is 1.50 bits per heavy atom. The molecule has 2 heteroatoms. The molecule has 0 aromatic heterocycles. The molecule has 16 heavy (non-hydrogen) atoms. The lowest BCUT2D eigenvalue weighted by atomic mass is 10.1. The first-order valence-electron chi connectivity index (χ1n) is 5.52. The normalized spacial score (nSPS) is 9.56. The number of nitrogens with zero attached hydrogens (tertiary/aromatic N) is 2. The minimum Gasteiger partial charge on any atom is -0.375 e. The molecule has 2 nitrogen and oxygen atoms in total. The summed E-state index contributed by atoms with van der Waals surface area (Å²) in [7, 11) is 2.07. The van der Waals surface area contributed by atoms with Crippen LogP contribution in [0.25, 0.3) is 0 Å². The minimum absolute atomic E-state index is 0.753. The number of anilines is 1. The van der Waals surface area contributed by atoms with Crippen molar-refractivity contribution in [1.29, 1.82) is 5.26 Å². The van der Waals surface area contributed by atoms with Crippen LogP contribution in [-0.4, -0.2) is 13.6 Å². The smallest absolute Gasteiger partial charge is 0.0994 e. The summed E-state index contributed by atoms with van der Waals surface area (Å²) < 4.78 is 0. The van der Waals surface area contributed by atoms with Gasteiger partial charge in [-0.3, -0.25) is 0 Å². The summed E-state index contributed by atoms with van der Waals surface area (Å²) in [5.74, 6) is 0. The highest BCUT2D eigenvalue weighted by molar-refractivity contribution is 5.52. The van der Waals surface area contributed by atoms with Gasteiger partial charge >= 0.3 is 0 Å². The molecule has 0 aliphatic carbocycles. The van der Waals surface area contributed by atoms with Crippen LogP contribution in [0.2, 0.25) is 0 Å². The van der Waals surface area contributed by atoms with Crippen LogP contribution in [0.1, 0.15) is 24.0 Å². The molecule has 84 valence electrons. The highest BCUT2D eigenvalue weighted by Gasteiger charge is 2.03. The number of allylic oxidation sites excluding steroid dienone is 1. The minimum atomic E-state index is 0.753. The Morgan fingerprint density at radius 2 is 2.25 bits per heavy atom. The molecule has 0 N–H and O–H groups in total. The van der Waals surface area contributed by atoms with Gasteiger partial charge in [0.2, 0.25) is 0 Å². The Morgan fingerprint density at radius 3 is 2.81 bits per heavy atom. The Labute approximate surface area is 97.8 Å². The van der Waals surface area contributed by atoms with Gasteiger partial charge in [-0.05, 0) is 43.5 Å². The van der Waals surface area contributed by atoms with Gasteiger partial charge in [0.1, 0.15) is 0 Å². The van der Waals surface area contributed by atoms with Crippen molar-refractivity contribution in [3.8, 4) is 6.07 Å². The molecule has 1 aromatic carbocycles. The van der Waals surface area contributed by atoms with Crippen LogP contribution in [-0.2, 0) is 0 Å². The zero-order valence-electron chi connectivity index (χ0n) is 10.0. The maximum absolute atomic E-state index is 8.85. The average molecular weight is 214 g/mol. The lowest BCUT2D eigenvalue weighted by Gasteiger charge is -2.19. The van der Waals surface area contributed by atoms with Gasteiger partial charge in [0.25, 0.3) is 0 Å². The van der Waals surface area contributed by atoms with Crippen LogP contribution < -0.4 is 4.90 Å². The van der Waals surface area contributed by atoms with Crippen LogP contribution in [0.3, 0.4) is 0 Å². The molecule has 1 rings (SSSR count). The predicted octanol–water partition coefficient (Wildman–Crippen LogP) is 3.27. The third-order valence-electron chi connectivity index (χ3n) is 2.67. The molecule has 0 aliphatic rings. The second-order valence-corrected chi connectivity index (χ2v) is 3.96. The van der Waals surface area contributed by atoms with Crippen molar-refractivity contribution in [3.05, 3.63) is 42.0 Å². The van der Waals surface area contributed by atoms with Crippen molar-refractivity contribution in [2.24, 2.45) is 0 Å². The highest BCUT2D eigenvalue weighted by Crippen LogP contribution is 2.18. The molecule has 0 radical (unpaired) electrons. The van der Waals surface area contributed by atoms with Crippen LogP contribution in [0.4, 0.5) is 5.69 Å². The number of rotatable bonds is 5. The predicted molar refractivity (Wildman–Crippen MR) is 68.6 cm³/mol. The van der Waals surface area contributed by atoms with Gasteiger partial charge in [-0.25, -0.2) is 0 Å². The van der Waals surface area contributed by atoms with E-state index in [0.29, 0.717) is 0 Å². The topological polar surface area (TPSA) is 27.0 Å². The zero-order valence-corrected chi connectivity index (χ0v) is 10.0. The molecule has 0 bridgehead atoms. The SMILES string of the molecule is C=CCCCN(C)c1ccc(C#N)c(C)c1. The summed E-state index contributed by atoms with van der Waals surface area (Å²) in [5, 5.41) is 8.85. The lowest BCUT2D eigenvalue weighted by molar-refractivity contribution is 0.801. The molecule has 0 unspecified atom stereocenters. The fourth-order valence-electron chi connectivity index (χ4n) is 1.61. The molecule has 0 saturated heterocycles. The molecule has 0 spiro atoms. The first-order chi connectivity index (χ1) is 7.69. The largest absolute Gasteiger partial charge is 0.375 e. The van der Waals surface area contributed by atoms with Crippen molar-refractivity contribution in [2.75, 3.05) is 18.5 Å². The van der Waals surface area contributed by atoms with Crippen molar-refractivity contribution < 1.29 is 0 Å². The molecule has 0 heterocycles. The fourth-order valence-corrected chi connectivity index (χ4v) is 1.61. The van der Waals surface area contributed by atoms with Crippen molar-refractivity contribution in [2.45, 2.75) is 19.8 Å². The summed E-state index contributed by atoms with van der Waals surface area (Å²) in [5.41, 5.74) is 2.96. The average Bonchev–Trinajstić information content (AvgIpc) is 2.29. The number of hydrogen-bond acceptors (Lipinski definition) is 2. The van der Waals surface area contributed by atoms with Gasteiger partial charge in [0.05, 0.1) is 11.6 Å². The van der Waals surface area contributed by atoms with E-state index in [4.69, 9.17) is 5.26 Å². The van der Waals surface area contributed by atoms with Gasteiger partial charge in [-0.1, -0.05) is 6.08 Å². The van der Waals surface area contributed by atoms with Crippen LogP contribution in [0.5, 0.6) is 0 Å². The van der Waals surface area contributed by atoms with Crippen LogP contribution in [0.15, 0.2) is 30.9 Å². The number of nitriles is 1. The molecule has 0 atom stereocenters. The van der Waals surface area contributed by atoms with Crippen molar-refractivity contribution >= 4 is 5.69 Å². The number of hydrogen-bond donors (Lipinski definition) is 0. The van der Waals surface area contributed by atoms with Gasteiger partial charge in [-0.2, -0.15) is 5.26 Å². The van der Waals surface area contributed by atoms with Crippen LogP contribution >= 0.6 is 0 Å². The Bertz CT molecular complexity index is 402. The van der Waals surface area contributed by atoms with E-state index >= 15 is 0 Å². The highest BCUT2D eigenvalue weighted by atomic mass is 15.1. The third kappa shape index (κ3) is 3.13. The fraction of sp³-hybridized carbons (Fsp3) is 0.357. The molecule has 1 aromatic rings. The molecule has 0 amide bonds. The molecule has 0 fully saturated rings. The van der Waals surface area contributed by atoms with E-state index in [1.807, 2.05) is 25.1 Å². The third-order valence-corrected chi connectivity index (χ3v) is 2.67. The van der Waals surface area contributed by atoms with E-state index in [1.165, 1.54) is 5.69 Å². The summed E-state index contributed by atoms with van der Waals surface area (Å²) in [6.07, 6.45) is 4.09. The second kappa shape index (κ2) is 5.97. The van der Waals surface area contributed by atoms with E-state index in [9.17, 15) is 0 Å². The maximum atomic E-state index is 8.85. The number of unbranched alkanes of at least 4 members (excludes halogenated alkanes) is 1. The standard InChI is InChI=1S/C14H18N2/c1-4-5-6-9-16(3)14-8-7-13(11-15)12(2)10-14/h4,7-8,10H,1,5-6,9H2,2-3H3. The van der Waals surface area contributed by atoms with Crippen LogP contribution in [0, 0.1) is 18.3 Å². The van der Waals surface area contributed by atoms with Crippen molar-refractivity contribution in [1.82, 2.24) is 0 Å². The Balaban J connectivity index is 2.69. The molecular formula is C14H18N2. The first kappa shape index (κ1) is 12.3. The zero-order chi connectivity index (χ0) is 12.0. The first-order valence-corrected chi connectivity index (χ1v) is 5.52. The number of aryl methyl sites for hydroxylation is 1. The quantitative estimate of drug-likeness (QED) is 0.555. The van der Waals surface area contributed by atoms with E-state index < -0.39 is 0 Å². The molecule has 0 aliphatic heterocycles. The summed E-state index contributed by atoms with van der Waals surface area (Å²) >= 11 is 0. The Hall–Kier alpha value is -1.75.